The molecule has 1 aromatic heterocycles. The molecule has 0 aliphatic heterocycles. The SMILES string of the molecule is Cc1cc(Cl)ccc1NCc1nnc(SCC(=O)NN=Cc2ccccc2O)n1-c1ccccc1. The Morgan fingerprint density at radius 2 is 1.89 bits per heavy atom. The molecule has 1 amide bonds. The summed E-state index contributed by atoms with van der Waals surface area (Å²) in [5.41, 5.74) is 5.85. The van der Waals surface area contributed by atoms with Gasteiger partial charge in [0.15, 0.2) is 11.0 Å². The molecule has 0 atom stereocenters. The number of thioether (sulfide) groups is 1. The second-order valence-corrected chi connectivity index (χ2v) is 8.90. The number of aromatic nitrogens is 3. The summed E-state index contributed by atoms with van der Waals surface area (Å²) in [6, 6.07) is 22.1. The van der Waals surface area contributed by atoms with Gasteiger partial charge in [-0.25, -0.2) is 5.43 Å². The number of hydrogen-bond donors (Lipinski definition) is 3. The van der Waals surface area contributed by atoms with Gasteiger partial charge in [0.25, 0.3) is 5.91 Å². The van der Waals surface area contributed by atoms with E-state index in [1.54, 1.807) is 24.3 Å². The van der Waals surface area contributed by atoms with Gasteiger partial charge >= 0.3 is 0 Å². The van der Waals surface area contributed by atoms with Gasteiger partial charge < -0.3 is 10.4 Å². The van der Waals surface area contributed by atoms with E-state index < -0.39 is 0 Å². The molecule has 0 unspecified atom stereocenters. The summed E-state index contributed by atoms with van der Waals surface area (Å²) in [6.07, 6.45) is 1.40. The largest absolute Gasteiger partial charge is 0.507 e. The number of aromatic hydroxyl groups is 1. The number of phenols is 1. The lowest BCUT2D eigenvalue weighted by molar-refractivity contribution is -0.118. The Hall–Kier alpha value is -3.82. The molecule has 10 heteroatoms. The minimum absolute atomic E-state index is 0.0887. The van der Waals surface area contributed by atoms with Gasteiger partial charge in [-0.15, -0.1) is 10.2 Å². The molecule has 8 nitrogen and oxygen atoms in total. The number of carbonyl (C=O) groups is 1. The molecule has 0 fully saturated rings. The number of benzene rings is 3. The second-order valence-electron chi connectivity index (χ2n) is 7.52. The number of phenolic OH excluding ortho intramolecular Hbond substituents is 1. The van der Waals surface area contributed by atoms with Crippen molar-refractivity contribution in [1.82, 2.24) is 20.2 Å². The molecule has 0 saturated carbocycles. The van der Waals surface area contributed by atoms with Crippen LogP contribution in [0.25, 0.3) is 5.69 Å². The number of nitrogens with zero attached hydrogens (tertiary/aromatic N) is 4. The zero-order chi connectivity index (χ0) is 24.6. The zero-order valence-corrected chi connectivity index (χ0v) is 20.4. The van der Waals surface area contributed by atoms with Crippen LogP contribution in [0.1, 0.15) is 17.0 Å². The van der Waals surface area contributed by atoms with Gasteiger partial charge in [-0.05, 0) is 55.0 Å². The molecule has 0 aliphatic carbocycles. The predicted octanol–water partition coefficient (Wildman–Crippen LogP) is 4.79. The summed E-state index contributed by atoms with van der Waals surface area (Å²) >= 11 is 7.32. The number of nitrogens with one attached hydrogen (secondary N) is 2. The number of carbonyl (C=O) groups excluding carboxylic acids is 1. The highest BCUT2D eigenvalue weighted by atomic mass is 35.5. The van der Waals surface area contributed by atoms with Crippen molar-refractivity contribution in [1.29, 1.82) is 0 Å². The van der Waals surface area contributed by atoms with Crippen molar-refractivity contribution >= 4 is 41.2 Å². The molecule has 35 heavy (non-hydrogen) atoms. The first-order chi connectivity index (χ1) is 17.0. The summed E-state index contributed by atoms with van der Waals surface area (Å²) < 4.78 is 1.92. The van der Waals surface area contributed by atoms with Crippen LogP contribution in [0.3, 0.4) is 0 Å². The highest BCUT2D eigenvalue weighted by Gasteiger charge is 2.16. The third kappa shape index (κ3) is 6.40. The third-order valence-corrected chi connectivity index (χ3v) is 6.17. The smallest absolute Gasteiger partial charge is 0.250 e. The van der Waals surface area contributed by atoms with E-state index in [1.165, 1.54) is 18.0 Å². The molecule has 0 spiro atoms. The first-order valence-electron chi connectivity index (χ1n) is 10.7. The second kappa shape index (κ2) is 11.5. The van der Waals surface area contributed by atoms with Crippen LogP contribution in [0.2, 0.25) is 5.02 Å². The lowest BCUT2D eigenvalue weighted by atomic mass is 10.2. The Labute approximate surface area is 212 Å². The van der Waals surface area contributed by atoms with Crippen LogP contribution in [-0.2, 0) is 11.3 Å². The van der Waals surface area contributed by atoms with Crippen LogP contribution in [0.15, 0.2) is 83.1 Å². The average Bonchev–Trinajstić information content (AvgIpc) is 3.27. The molecule has 0 saturated heterocycles. The number of halogens is 1. The molecular formula is C25H23ClN6O2S. The molecule has 3 N–H and O–H groups in total. The van der Waals surface area contributed by atoms with Crippen LogP contribution >= 0.6 is 23.4 Å². The average molecular weight is 507 g/mol. The van der Waals surface area contributed by atoms with Crippen LogP contribution in [0.5, 0.6) is 5.75 Å². The molecule has 0 aliphatic rings. The molecular weight excluding hydrogens is 484 g/mol. The van der Waals surface area contributed by atoms with Gasteiger partial charge in [-0.2, -0.15) is 5.10 Å². The molecule has 3 aromatic carbocycles. The lowest BCUT2D eigenvalue weighted by Crippen LogP contribution is -2.20. The Morgan fingerprint density at radius 3 is 2.66 bits per heavy atom. The maximum atomic E-state index is 12.3. The fourth-order valence-electron chi connectivity index (χ4n) is 3.28. The van der Waals surface area contributed by atoms with Gasteiger partial charge in [-0.1, -0.05) is 53.7 Å². The molecule has 4 aromatic rings. The number of para-hydroxylation sites is 2. The first-order valence-corrected chi connectivity index (χ1v) is 12.1. The van der Waals surface area contributed by atoms with Crippen LogP contribution in [0, 0.1) is 6.92 Å². The van der Waals surface area contributed by atoms with E-state index in [1.807, 2.05) is 60.0 Å². The monoisotopic (exact) mass is 506 g/mol. The fraction of sp³-hybridized carbons (Fsp3) is 0.120. The zero-order valence-electron chi connectivity index (χ0n) is 18.9. The Bertz CT molecular complexity index is 1340. The highest BCUT2D eigenvalue weighted by molar-refractivity contribution is 7.99. The minimum Gasteiger partial charge on any atom is -0.507 e. The highest BCUT2D eigenvalue weighted by Crippen LogP contribution is 2.24. The minimum atomic E-state index is -0.305. The molecule has 4 rings (SSSR count). The summed E-state index contributed by atoms with van der Waals surface area (Å²) in [7, 11) is 0. The number of aryl methyl sites for hydroxylation is 1. The van der Waals surface area contributed by atoms with Crippen LogP contribution < -0.4 is 10.7 Å². The van der Waals surface area contributed by atoms with E-state index in [0.717, 1.165) is 16.9 Å². The maximum absolute atomic E-state index is 12.3. The quantitative estimate of drug-likeness (QED) is 0.171. The number of rotatable bonds is 9. The van der Waals surface area contributed by atoms with E-state index in [4.69, 9.17) is 11.6 Å². The first kappa shape index (κ1) is 24.3. The Morgan fingerprint density at radius 1 is 1.11 bits per heavy atom. The summed E-state index contributed by atoms with van der Waals surface area (Å²) in [5.74, 6) is 0.574. The van der Waals surface area contributed by atoms with Crippen LogP contribution in [-0.4, -0.2) is 37.7 Å². The van der Waals surface area contributed by atoms with Gasteiger partial charge in [0, 0.05) is 22.0 Å². The summed E-state index contributed by atoms with van der Waals surface area (Å²) in [6.45, 7) is 2.42. The van der Waals surface area contributed by atoms with Crippen molar-refractivity contribution in [2.45, 2.75) is 18.6 Å². The summed E-state index contributed by atoms with van der Waals surface area (Å²) in [5, 5.41) is 27.0. The van der Waals surface area contributed by atoms with Gasteiger partial charge in [-0.3, -0.25) is 9.36 Å². The van der Waals surface area contributed by atoms with Crippen molar-refractivity contribution in [2.24, 2.45) is 5.10 Å². The number of hydrogen-bond acceptors (Lipinski definition) is 7. The predicted molar refractivity (Wildman–Crippen MR) is 139 cm³/mol. The number of hydrazone groups is 1. The van der Waals surface area contributed by atoms with E-state index in [0.29, 0.717) is 28.1 Å². The topological polar surface area (TPSA) is 104 Å². The number of amides is 1. The lowest BCUT2D eigenvalue weighted by Gasteiger charge is -2.12. The Balaban J connectivity index is 1.45. The van der Waals surface area contributed by atoms with E-state index >= 15 is 0 Å². The van der Waals surface area contributed by atoms with Crippen molar-refractivity contribution < 1.29 is 9.90 Å². The van der Waals surface area contributed by atoms with Gasteiger partial charge in [0.05, 0.1) is 18.5 Å². The van der Waals surface area contributed by atoms with Crippen molar-refractivity contribution in [3.05, 3.63) is 94.8 Å². The van der Waals surface area contributed by atoms with E-state index in [9.17, 15) is 9.90 Å². The molecule has 0 bridgehead atoms. The molecule has 0 radical (unpaired) electrons. The van der Waals surface area contributed by atoms with Gasteiger partial charge in [0.2, 0.25) is 0 Å². The van der Waals surface area contributed by atoms with Crippen LogP contribution in [0.4, 0.5) is 5.69 Å². The number of anilines is 1. The van der Waals surface area contributed by atoms with E-state index in [-0.39, 0.29) is 17.4 Å². The molecule has 1 heterocycles. The van der Waals surface area contributed by atoms with Crippen molar-refractivity contribution in [3.63, 3.8) is 0 Å². The van der Waals surface area contributed by atoms with Crippen molar-refractivity contribution in [2.75, 3.05) is 11.1 Å². The van der Waals surface area contributed by atoms with Gasteiger partial charge in [0.1, 0.15) is 5.75 Å². The fourth-order valence-corrected chi connectivity index (χ4v) is 4.27. The summed E-state index contributed by atoms with van der Waals surface area (Å²) in [4.78, 5) is 12.3. The maximum Gasteiger partial charge on any atom is 0.250 e. The Kier molecular flexibility index (Phi) is 8.02. The normalized spacial score (nSPS) is 11.0. The third-order valence-electron chi connectivity index (χ3n) is 5.00. The van der Waals surface area contributed by atoms with Crippen molar-refractivity contribution in [3.8, 4) is 11.4 Å². The standard InChI is InChI=1S/C25H23ClN6O2S/c1-17-13-19(26)11-12-21(17)27-15-23-29-31-25(32(23)20-8-3-2-4-9-20)35-16-24(34)30-28-14-18-7-5-6-10-22(18)33/h2-14,27,33H,15-16H2,1H3,(H,30,34). The molecule has 178 valence electrons. The van der Waals surface area contributed by atoms with E-state index in [2.05, 4.69) is 26.0 Å².